The van der Waals surface area contributed by atoms with Crippen molar-refractivity contribution in [2.24, 2.45) is 0 Å². The first kappa shape index (κ1) is 20.8. The van der Waals surface area contributed by atoms with E-state index >= 15 is 0 Å². The quantitative estimate of drug-likeness (QED) is 0.581. The molecule has 24 heavy (non-hydrogen) atoms. The lowest BCUT2D eigenvalue weighted by molar-refractivity contribution is -0.113. The third-order valence-corrected chi connectivity index (χ3v) is 9.18. The van der Waals surface area contributed by atoms with Crippen LogP contribution in [0.5, 0.6) is 0 Å². The van der Waals surface area contributed by atoms with Gasteiger partial charge in [-0.1, -0.05) is 39.0 Å². The molecule has 6 heteroatoms. The lowest BCUT2D eigenvalue weighted by Crippen LogP contribution is -2.51. The van der Waals surface area contributed by atoms with Crippen LogP contribution in [0.25, 0.3) is 0 Å². The van der Waals surface area contributed by atoms with Gasteiger partial charge in [0.05, 0.1) is 18.8 Å². The molecule has 0 aliphatic heterocycles. The molecule has 0 bridgehead atoms. The summed E-state index contributed by atoms with van der Waals surface area (Å²) in [5.74, 6) is -0.548. The van der Waals surface area contributed by atoms with E-state index in [-0.39, 0.29) is 11.6 Å². The Hall–Kier alpha value is -1.21. The Bertz CT molecular complexity index is 534. The molecule has 2 N–H and O–H groups in total. The smallest absolute Gasteiger partial charge is 0.338 e. The van der Waals surface area contributed by atoms with Gasteiger partial charge in [0.2, 0.25) is 0 Å². The van der Waals surface area contributed by atoms with Crippen molar-refractivity contribution in [1.29, 1.82) is 0 Å². The van der Waals surface area contributed by atoms with Crippen molar-refractivity contribution in [2.45, 2.75) is 57.5 Å². The predicted molar refractivity (Wildman–Crippen MR) is 96.5 cm³/mol. The minimum Gasteiger partial charge on any atom is -0.453 e. The number of esters is 1. The first-order valence-electron chi connectivity index (χ1n) is 8.14. The Kier molecular flexibility index (Phi) is 6.75. The zero-order valence-corrected chi connectivity index (χ0v) is 16.5. The number of ether oxygens (including phenoxy) is 1. The van der Waals surface area contributed by atoms with Crippen LogP contribution in [0.4, 0.5) is 0 Å². The summed E-state index contributed by atoms with van der Waals surface area (Å²) in [7, 11) is -2.07. The maximum absolute atomic E-state index is 12.3. The molecule has 0 aliphatic rings. The third kappa shape index (κ3) is 5.41. The molecular formula is C18H30O5Si. The van der Waals surface area contributed by atoms with Crippen LogP contribution in [0.1, 0.15) is 38.1 Å². The van der Waals surface area contributed by atoms with E-state index in [1.165, 1.54) is 6.92 Å². The average molecular weight is 355 g/mol. The van der Waals surface area contributed by atoms with Gasteiger partial charge in [-0.2, -0.15) is 0 Å². The van der Waals surface area contributed by atoms with Gasteiger partial charge in [-0.25, -0.2) is 4.79 Å². The van der Waals surface area contributed by atoms with E-state index in [0.717, 1.165) is 0 Å². The highest BCUT2D eigenvalue weighted by molar-refractivity contribution is 6.74. The number of rotatable bonds is 7. The van der Waals surface area contributed by atoms with Crippen LogP contribution < -0.4 is 0 Å². The number of benzene rings is 1. The van der Waals surface area contributed by atoms with Gasteiger partial charge in [-0.05, 0) is 37.2 Å². The van der Waals surface area contributed by atoms with Gasteiger partial charge in [-0.3, -0.25) is 0 Å². The normalized spacial score (nSPS) is 16.3. The molecular weight excluding hydrogens is 324 g/mol. The van der Waals surface area contributed by atoms with Crippen molar-refractivity contribution in [3.63, 3.8) is 0 Å². The zero-order valence-electron chi connectivity index (χ0n) is 15.5. The fourth-order valence-electron chi connectivity index (χ4n) is 1.71. The maximum Gasteiger partial charge on any atom is 0.338 e. The van der Waals surface area contributed by atoms with Crippen LogP contribution in [-0.2, 0) is 9.16 Å². The van der Waals surface area contributed by atoms with E-state index in [2.05, 4.69) is 33.9 Å². The lowest BCUT2D eigenvalue weighted by Gasteiger charge is -2.39. The van der Waals surface area contributed by atoms with Crippen LogP contribution in [0.15, 0.2) is 30.3 Å². The van der Waals surface area contributed by atoms with Crippen LogP contribution >= 0.6 is 0 Å². The largest absolute Gasteiger partial charge is 0.453 e. The van der Waals surface area contributed by atoms with Gasteiger partial charge >= 0.3 is 5.97 Å². The molecule has 1 aromatic carbocycles. The molecule has 0 saturated heterocycles. The molecule has 0 unspecified atom stereocenters. The van der Waals surface area contributed by atoms with E-state index in [0.29, 0.717) is 5.56 Å². The summed E-state index contributed by atoms with van der Waals surface area (Å²) >= 11 is 0. The number of aliphatic hydroxyl groups is 2. The lowest BCUT2D eigenvalue weighted by atomic mass is 10.0. The highest BCUT2D eigenvalue weighted by Gasteiger charge is 2.41. The second-order valence-corrected chi connectivity index (χ2v) is 12.7. The molecule has 0 heterocycles. The Balaban J connectivity index is 2.88. The van der Waals surface area contributed by atoms with E-state index in [4.69, 9.17) is 9.16 Å². The molecule has 0 amide bonds. The fourth-order valence-corrected chi connectivity index (χ4v) is 2.72. The summed E-state index contributed by atoms with van der Waals surface area (Å²) in [5, 5.41) is 19.8. The molecule has 2 atom stereocenters. The standard InChI is InChI=1S/C18H30O5Si/c1-17(2,3)24(5,6)22-12-15(18(4,21)13-19)23-16(20)14-10-8-7-9-11-14/h7-11,15,19,21H,12-13H2,1-6H3/t15-,18+/m1/s1. The Labute approximate surface area is 145 Å². The molecule has 0 spiro atoms. The zero-order chi connectivity index (χ0) is 18.6. The van der Waals surface area contributed by atoms with Crippen molar-refractivity contribution < 1.29 is 24.2 Å². The van der Waals surface area contributed by atoms with Crippen LogP contribution in [-0.4, -0.2) is 49.4 Å². The van der Waals surface area contributed by atoms with Gasteiger partial charge in [0.1, 0.15) is 5.60 Å². The van der Waals surface area contributed by atoms with E-state index in [1.54, 1.807) is 30.3 Å². The van der Waals surface area contributed by atoms with Crippen molar-refractivity contribution in [1.82, 2.24) is 0 Å². The molecule has 1 rings (SSSR count). The number of hydrogen-bond acceptors (Lipinski definition) is 5. The van der Waals surface area contributed by atoms with E-state index in [1.807, 2.05) is 0 Å². The minimum absolute atomic E-state index is 0.00788. The Morgan fingerprint density at radius 3 is 2.17 bits per heavy atom. The Morgan fingerprint density at radius 2 is 1.71 bits per heavy atom. The summed E-state index contributed by atoms with van der Waals surface area (Å²) in [6.45, 7) is 11.4. The fraction of sp³-hybridized carbons (Fsp3) is 0.611. The monoisotopic (exact) mass is 354 g/mol. The van der Waals surface area contributed by atoms with Crippen molar-refractivity contribution in [2.75, 3.05) is 13.2 Å². The van der Waals surface area contributed by atoms with Crippen molar-refractivity contribution in [3.8, 4) is 0 Å². The van der Waals surface area contributed by atoms with E-state index in [9.17, 15) is 15.0 Å². The highest BCUT2D eigenvalue weighted by Crippen LogP contribution is 2.37. The second kappa shape index (κ2) is 7.78. The summed E-state index contributed by atoms with van der Waals surface area (Å²) in [6.07, 6.45) is -0.954. The molecule has 0 saturated carbocycles. The predicted octanol–water partition coefficient (Wildman–Crippen LogP) is 2.98. The summed E-state index contributed by atoms with van der Waals surface area (Å²) < 4.78 is 11.5. The number of aliphatic hydroxyl groups excluding tert-OH is 1. The SMILES string of the molecule is CC(C)(C)[Si](C)(C)OC[C@@H](OC(=O)c1ccccc1)[C@@](C)(O)CO. The first-order chi connectivity index (χ1) is 10.9. The van der Waals surface area contributed by atoms with E-state index < -0.39 is 32.6 Å². The number of carbonyl (C=O) groups excluding carboxylic acids is 1. The topological polar surface area (TPSA) is 76.0 Å². The van der Waals surface area contributed by atoms with Gasteiger partial charge in [0.15, 0.2) is 14.4 Å². The molecule has 0 fully saturated rings. The van der Waals surface area contributed by atoms with Gasteiger partial charge in [-0.15, -0.1) is 0 Å². The summed E-state index contributed by atoms with van der Waals surface area (Å²) in [5.41, 5.74) is -1.18. The summed E-state index contributed by atoms with van der Waals surface area (Å²) in [4.78, 5) is 12.3. The number of hydrogen-bond donors (Lipinski definition) is 2. The van der Waals surface area contributed by atoms with Crippen molar-refractivity contribution in [3.05, 3.63) is 35.9 Å². The molecule has 136 valence electrons. The van der Waals surface area contributed by atoms with Gasteiger partial charge in [0.25, 0.3) is 0 Å². The van der Waals surface area contributed by atoms with Gasteiger partial charge in [0, 0.05) is 0 Å². The minimum atomic E-state index is -2.07. The van der Waals surface area contributed by atoms with Crippen LogP contribution in [0.3, 0.4) is 0 Å². The molecule has 0 aromatic heterocycles. The first-order valence-corrected chi connectivity index (χ1v) is 11.0. The summed E-state index contributed by atoms with van der Waals surface area (Å²) in [6, 6.07) is 8.56. The van der Waals surface area contributed by atoms with Crippen LogP contribution in [0.2, 0.25) is 18.1 Å². The highest BCUT2D eigenvalue weighted by atomic mass is 28.4. The molecule has 5 nitrogen and oxygen atoms in total. The molecule has 0 aliphatic carbocycles. The second-order valence-electron chi connectivity index (χ2n) is 7.85. The third-order valence-electron chi connectivity index (χ3n) is 4.67. The number of carbonyl (C=O) groups is 1. The van der Waals surface area contributed by atoms with Crippen molar-refractivity contribution >= 4 is 14.3 Å². The average Bonchev–Trinajstić information content (AvgIpc) is 2.50. The molecule has 1 aromatic rings. The van der Waals surface area contributed by atoms with Crippen LogP contribution in [0, 0.1) is 0 Å². The Morgan fingerprint density at radius 1 is 1.17 bits per heavy atom. The van der Waals surface area contributed by atoms with Gasteiger partial charge < -0.3 is 19.4 Å². The maximum atomic E-state index is 12.3. The molecule has 0 radical (unpaired) electrons.